The number of carboxylic acids is 1. The molecule has 0 saturated heterocycles. The number of aromatic carboxylic acids is 1. The predicted molar refractivity (Wildman–Crippen MR) is 104 cm³/mol. The summed E-state index contributed by atoms with van der Waals surface area (Å²) in [7, 11) is 3.87. The average Bonchev–Trinajstić information content (AvgIpc) is 2.58. The Labute approximate surface area is 155 Å². The number of hydrogen-bond acceptors (Lipinski definition) is 5. The summed E-state index contributed by atoms with van der Waals surface area (Å²) in [5.41, 5.74) is 9.79. The van der Waals surface area contributed by atoms with Gasteiger partial charge in [-0.2, -0.15) is 5.26 Å². The second kappa shape index (κ2) is 9.76. The zero-order chi connectivity index (χ0) is 19.9. The molecule has 1 aromatic rings. The van der Waals surface area contributed by atoms with Gasteiger partial charge in [-0.25, -0.2) is 4.79 Å². The Morgan fingerprint density at radius 2 is 1.96 bits per heavy atom. The Morgan fingerprint density at radius 3 is 2.50 bits per heavy atom. The van der Waals surface area contributed by atoms with Crippen LogP contribution in [-0.4, -0.2) is 54.6 Å². The smallest absolute Gasteiger partial charge is 0.335 e. The fourth-order valence-corrected chi connectivity index (χ4v) is 2.67. The molecular formula is C20H28N4O2. The van der Waals surface area contributed by atoms with Gasteiger partial charge < -0.3 is 20.6 Å². The van der Waals surface area contributed by atoms with E-state index in [2.05, 4.69) is 17.5 Å². The maximum atomic E-state index is 11.3. The first kappa shape index (κ1) is 21.4. The van der Waals surface area contributed by atoms with E-state index in [0.717, 1.165) is 23.2 Å². The second-order valence-corrected chi connectivity index (χ2v) is 6.47. The minimum absolute atomic E-state index is 0.300. The number of allylic oxidation sites excluding steroid dienone is 1. The predicted octanol–water partition coefficient (Wildman–Crippen LogP) is 2.29. The highest BCUT2D eigenvalue weighted by molar-refractivity contribution is 5.89. The zero-order valence-electron chi connectivity index (χ0n) is 16.0. The number of carbonyl (C=O) groups is 1. The van der Waals surface area contributed by atoms with Crippen molar-refractivity contribution in [1.82, 2.24) is 9.80 Å². The standard InChI is InChI=1S/C20H28N4O2/c1-14-10-15(2)19(20(25)26)11-18(14)13-23(4)8-9-24(5)16(3)17(12-22)6-7-21/h6,10-11H,3,7-9,13,21H2,1-2,4-5H3,(H,25,26)/b17-6-. The van der Waals surface area contributed by atoms with E-state index in [4.69, 9.17) is 11.0 Å². The van der Waals surface area contributed by atoms with Crippen molar-refractivity contribution in [3.05, 3.63) is 58.3 Å². The lowest BCUT2D eigenvalue weighted by Gasteiger charge is -2.25. The summed E-state index contributed by atoms with van der Waals surface area (Å²) >= 11 is 0. The molecule has 0 spiro atoms. The molecule has 0 atom stereocenters. The van der Waals surface area contributed by atoms with Crippen molar-refractivity contribution < 1.29 is 9.90 Å². The summed E-state index contributed by atoms with van der Waals surface area (Å²) in [5, 5.41) is 18.5. The van der Waals surface area contributed by atoms with Crippen LogP contribution in [0.4, 0.5) is 0 Å². The average molecular weight is 356 g/mol. The van der Waals surface area contributed by atoms with E-state index in [0.29, 0.717) is 36.5 Å². The highest BCUT2D eigenvalue weighted by Crippen LogP contribution is 2.18. The first-order valence-corrected chi connectivity index (χ1v) is 8.44. The zero-order valence-corrected chi connectivity index (χ0v) is 16.0. The van der Waals surface area contributed by atoms with Gasteiger partial charge >= 0.3 is 5.97 Å². The van der Waals surface area contributed by atoms with Crippen molar-refractivity contribution in [3.63, 3.8) is 0 Å². The normalized spacial score (nSPS) is 11.3. The molecule has 1 rings (SSSR count). The third-order valence-corrected chi connectivity index (χ3v) is 4.38. The Morgan fingerprint density at radius 1 is 1.31 bits per heavy atom. The number of likely N-dealkylation sites (N-methyl/N-ethyl adjacent to an activating group) is 2. The molecule has 0 heterocycles. The van der Waals surface area contributed by atoms with Gasteiger partial charge in [-0.15, -0.1) is 0 Å². The fraction of sp³-hybridized carbons (Fsp3) is 0.400. The fourth-order valence-electron chi connectivity index (χ4n) is 2.67. The Balaban J connectivity index is 2.73. The van der Waals surface area contributed by atoms with Gasteiger partial charge in [0.1, 0.15) is 6.07 Å². The minimum Gasteiger partial charge on any atom is -0.478 e. The number of nitrogens with zero attached hydrogens (tertiary/aromatic N) is 3. The molecule has 0 aromatic heterocycles. The third-order valence-electron chi connectivity index (χ3n) is 4.38. The molecule has 0 radical (unpaired) electrons. The number of nitriles is 1. The van der Waals surface area contributed by atoms with E-state index >= 15 is 0 Å². The van der Waals surface area contributed by atoms with E-state index < -0.39 is 5.97 Å². The van der Waals surface area contributed by atoms with E-state index in [-0.39, 0.29) is 0 Å². The molecule has 0 aliphatic rings. The van der Waals surface area contributed by atoms with Crippen LogP contribution >= 0.6 is 0 Å². The molecule has 6 nitrogen and oxygen atoms in total. The summed E-state index contributed by atoms with van der Waals surface area (Å²) < 4.78 is 0. The molecule has 3 N–H and O–H groups in total. The van der Waals surface area contributed by atoms with E-state index in [1.807, 2.05) is 38.9 Å². The van der Waals surface area contributed by atoms with Gasteiger partial charge in [0.2, 0.25) is 0 Å². The molecule has 0 fully saturated rings. The van der Waals surface area contributed by atoms with Crippen LogP contribution in [0.15, 0.2) is 36.1 Å². The summed E-state index contributed by atoms with van der Waals surface area (Å²) in [6, 6.07) is 5.78. The Hall–Kier alpha value is -2.62. The van der Waals surface area contributed by atoms with Crippen molar-refractivity contribution in [2.75, 3.05) is 33.7 Å². The molecule has 140 valence electrons. The number of rotatable bonds is 9. The van der Waals surface area contributed by atoms with Gasteiger partial charge in [-0.3, -0.25) is 0 Å². The number of carboxylic acid groups (broad SMARTS) is 1. The van der Waals surface area contributed by atoms with Crippen LogP contribution in [0.3, 0.4) is 0 Å². The van der Waals surface area contributed by atoms with Crippen LogP contribution in [0.2, 0.25) is 0 Å². The molecule has 0 amide bonds. The summed E-state index contributed by atoms with van der Waals surface area (Å²) in [6.45, 7) is 10.1. The van der Waals surface area contributed by atoms with E-state index in [1.54, 1.807) is 12.1 Å². The molecule has 1 aromatic carbocycles. The molecule has 6 heteroatoms. The van der Waals surface area contributed by atoms with Crippen molar-refractivity contribution in [2.45, 2.75) is 20.4 Å². The number of aryl methyl sites for hydroxylation is 2. The maximum absolute atomic E-state index is 11.3. The van der Waals surface area contributed by atoms with Gasteiger partial charge in [0.15, 0.2) is 0 Å². The molecule has 0 saturated carbocycles. The second-order valence-electron chi connectivity index (χ2n) is 6.47. The quantitative estimate of drug-likeness (QED) is 0.521. The van der Waals surface area contributed by atoms with Crippen molar-refractivity contribution >= 4 is 5.97 Å². The van der Waals surface area contributed by atoms with Gasteiger partial charge in [-0.05, 0) is 43.7 Å². The lowest BCUT2D eigenvalue weighted by atomic mass is 9.99. The first-order chi connectivity index (χ1) is 12.2. The van der Waals surface area contributed by atoms with Crippen molar-refractivity contribution in [3.8, 4) is 6.07 Å². The third kappa shape index (κ3) is 5.73. The SMILES string of the molecule is C=C(/C(C#N)=C\CN)N(C)CCN(C)Cc1cc(C(=O)O)c(C)cc1C. The Bertz CT molecular complexity index is 747. The number of hydrogen-bond donors (Lipinski definition) is 2. The van der Waals surface area contributed by atoms with E-state index in [1.165, 1.54) is 0 Å². The van der Waals surface area contributed by atoms with Crippen molar-refractivity contribution in [2.24, 2.45) is 5.73 Å². The highest BCUT2D eigenvalue weighted by atomic mass is 16.4. The van der Waals surface area contributed by atoms with Crippen LogP contribution in [0.1, 0.15) is 27.0 Å². The Kier molecular flexibility index (Phi) is 8.04. The lowest BCUT2D eigenvalue weighted by Crippen LogP contribution is -2.30. The highest BCUT2D eigenvalue weighted by Gasteiger charge is 2.13. The monoisotopic (exact) mass is 356 g/mol. The van der Waals surface area contributed by atoms with E-state index in [9.17, 15) is 9.90 Å². The van der Waals surface area contributed by atoms with Crippen LogP contribution in [0.5, 0.6) is 0 Å². The summed E-state index contributed by atoms with van der Waals surface area (Å²) in [4.78, 5) is 15.4. The molecule has 0 aliphatic heterocycles. The minimum atomic E-state index is -0.904. The van der Waals surface area contributed by atoms with Gasteiger partial charge in [0, 0.05) is 38.9 Å². The van der Waals surface area contributed by atoms with Gasteiger partial charge in [0.25, 0.3) is 0 Å². The molecule has 26 heavy (non-hydrogen) atoms. The van der Waals surface area contributed by atoms with Crippen LogP contribution < -0.4 is 5.73 Å². The largest absolute Gasteiger partial charge is 0.478 e. The van der Waals surface area contributed by atoms with Gasteiger partial charge in [-0.1, -0.05) is 18.7 Å². The molecule has 0 aliphatic carbocycles. The summed E-state index contributed by atoms with van der Waals surface area (Å²) in [5.74, 6) is -0.904. The van der Waals surface area contributed by atoms with Crippen LogP contribution in [0.25, 0.3) is 0 Å². The van der Waals surface area contributed by atoms with Crippen LogP contribution in [0, 0.1) is 25.2 Å². The number of benzene rings is 1. The van der Waals surface area contributed by atoms with Gasteiger partial charge in [0.05, 0.1) is 11.1 Å². The maximum Gasteiger partial charge on any atom is 0.335 e. The van der Waals surface area contributed by atoms with Crippen LogP contribution in [-0.2, 0) is 6.54 Å². The first-order valence-electron chi connectivity index (χ1n) is 8.44. The molecule has 0 unspecified atom stereocenters. The lowest BCUT2D eigenvalue weighted by molar-refractivity contribution is 0.0696. The van der Waals surface area contributed by atoms with Crippen molar-refractivity contribution in [1.29, 1.82) is 5.26 Å². The molecular weight excluding hydrogens is 328 g/mol. The number of nitrogens with two attached hydrogens (primary N) is 1. The molecule has 0 bridgehead atoms. The summed E-state index contributed by atoms with van der Waals surface area (Å²) in [6.07, 6.45) is 1.66. The topological polar surface area (TPSA) is 93.6 Å².